The van der Waals surface area contributed by atoms with Gasteiger partial charge >= 0.3 is 0 Å². The van der Waals surface area contributed by atoms with E-state index in [9.17, 15) is 4.79 Å². The Bertz CT molecular complexity index is 451. The van der Waals surface area contributed by atoms with Gasteiger partial charge in [-0.15, -0.1) is 6.58 Å². The molecule has 1 N–H and O–H groups in total. The number of nitriles is 1. The maximum atomic E-state index is 11.7. The number of anilines is 1. The van der Waals surface area contributed by atoms with E-state index in [1.807, 2.05) is 6.08 Å². The van der Waals surface area contributed by atoms with Crippen molar-refractivity contribution >= 4 is 23.4 Å². The lowest BCUT2D eigenvalue weighted by atomic mass is 10.2. The quantitative estimate of drug-likeness (QED) is 0.605. The van der Waals surface area contributed by atoms with Crippen LogP contribution in [0.15, 0.2) is 36.9 Å². The molecule has 0 fully saturated rings. The van der Waals surface area contributed by atoms with Crippen LogP contribution in [0, 0.1) is 11.3 Å². The fraction of sp³-hybridized carbons (Fsp3) is 0.286. The summed E-state index contributed by atoms with van der Waals surface area (Å²) in [5, 5.41) is 11.7. The average Bonchev–Trinajstić information content (AvgIpc) is 2.39. The Kier molecular flexibility index (Phi) is 6.67. The van der Waals surface area contributed by atoms with Crippen LogP contribution < -0.4 is 5.32 Å². The van der Waals surface area contributed by atoms with E-state index in [0.29, 0.717) is 17.7 Å². The second-order valence-electron chi connectivity index (χ2n) is 3.67. The molecule has 1 aromatic rings. The van der Waals surface area contributed by atoms with Gasteiger partial charge in [0.15, 0.2) is 0 Å². The minimum Gasteiger partial charge on any atom is -0.325 e. The van der Waals surface area contributed by atoms with Crippen LogP contribution in [0.3, 0.4) is 0 Å². The van der Waals surface area contributed by atoms with Gasteiger partial charge in [-0.1, -0.05) is 18.2 Å². The summed E-state index contributed by atoms with van der Waals surface area (Å²) in [5.74, 6) is 1.81. The lowest BCUT2D eigenvalue weighted by Crippen LogP contribution is -2.12. The summed E-state index contributed by atoms with van der Waals surface area (Å²) in [7, 11) is 0. The van der Waals surface area contributed by atoms with Crippen LogP contribution in [0.2, 0.25) is 0 Å². The van der Waals surface area contributed by atoms with Gasteiger partial charge < -0.3 is 5.32 Å². The highest BCUT2D eigenvalue weighted by Gasteiger charge is 2.05. The van der Waals surface area contributed by atoms with Gasteiger partial charge in [-0.25, -0.2) is 0 Å². The Morgan fingerprint density at radius 2 is 2.28 bits per heavy atom. The van der Waals surface area contributed by atoms with Crippen molar-refractivity contribution in [3.8, 4) is 6.07 Å². The van der Waals surface area contributed by atoms with Crippen molar-refractivity contribution < 1.29 is 4.79 Å². The minimum atomic E-state index is -0.0445. The number of rotatable bonds is 7. The number of para-hydroxylation sites is 1. The third-order valence-corrected chi connectivity index (χ3v) is 3.30. The fourth-order valence-electron chi connectivity index (χ4n) is 1.40. The Hall–Kier alpha value is -1.73. The largest absolute Gasteiger partial charge is 0.325 e. The Labute approximate surface area is 112 Å². The molecule has 18 heavy (non-hydrogen) atoms. The molecule has 0 aromatic heterocycles. The number of carbonyl (C=O) groups is 1. The normalized spacial score (nSPS) is 9.50. The van der Waals surface area contributed by atoms with Crippen molar-refractivity contribution in [1.82, 2.24) is 0 Å². The first-order valence-corrected chi connectivity index (χ1v) is 6.91. The molecule has 3 nitrogen and oxygen atoms in total. The van der Waals surface area contributed by atoms with E-state index in [1.165, 1.54) is 0 Å². The van der Waals surface area contributed by atoms with Crippen molar-refractivity contribution in [2.45, 2.75) is 12.8 Å². The minimum absolute atomic E-state index is 0.0445. The lowest BCUT2D eigenvalue weighted by molar-refractivity contribution is -0.116. The summed E-state index contributed by atoms with van der Waals surface area (Å²) in [6, 6.07) is 9.06. The van der Waals surface area contributed by atoms with Gasteiger partial charge in [-0.3, -0.25) is 4.79 Å². The molecule has 0 aliphatic rings. The summed E-state index contributed by atoms with van der Waals surface area (Å²) in [4.78, 5) is 11.7. The predicted molar refractivity (Wildman–Crippen MR) is 76.5 cm³/mol. The van der Waals surface area contributed by atoms with E-state index >= 15 is 0 Å². The van der Waals surface area contributed by atoms with Crippen LogP contribution >= 0.6 is 11.8 Å². The second kappa shape index (κ2) is 8.37. The molecule has 94 valence electrons. The molecule has 1 amide bonds. The van der Waals surface area contributed by atoms with Crippen molar-refractivity contribution in [3.05, 3.63) is 42.5 Å². The van der Waals surface area contributed by atoms with Crippen LogP contribution in [-0.4, -0.2) is 17.4 Å². The molecule has 0 heterocycles. The van der Waals surface area contributed by atoms with Crippen LogP contribution in [0.4, 0.5) is 5.69 Å². The van der Waals surface area contributed by atoms with E-state index in [2.05, 4.69) is 18.0 Å². The summed E-state index contributed by atoms with van der Waals surface area (Å²) < 4.78 is 0. The molecule has 0 saturated heterocycles. The highest BCUT2D eigenvalue weighted by atomic mass is 32.2. The van der Waals surface area contributed by atoms with Gasteiger partial charge in [0, 0.05) is 12.2 Å². The summed E-state index contributed by atoms with van der Waals surface area (Å²) in [6.07, 6.45) is 3.16. The third-order valence-electron chi connectivity index (χ3n) is 2.25. The standard InChI is InChI=1S/C14H16N2OS/c1-2-9-18-10-5-8-14(17)16-13-7-4-3-6-12(13)11-15/h2-4,6-7H,1,5,8-10H2,(H,16,17). The number of thioether (sulfide) groups is 1. The van der Waals surface area contributed by atoms with Crippen molar-refractivity contribution in [1.29, 1.82) is 5.26 Å². The highest BCUT2D eigenvalue weighted by Crippen LogP contribution is 2.14. The molecule has 0 unspecified atom stereocenters. The van der Waals surface area contributed by atoms with Gasteiger partial charge in [-0.2, -0.15) is 17.0 Å². The first-order valence-electron chi connectivity index (χ1n) is 5.75. The van der Waals surface area contributed by atoms with Crippen molar-refractivity contribution in [3.63, 3.8) is 0 Å². The summed E-state index contributed by atoms with van der Waals surface area (Å²) in [6.45, 7) is 3.64. The monoisotopic (exact) mass is 260 g/mol. The molecular weight excluding hydrogens is 244 g/mol. The van der Waals surface area contributed by atoms with Crippen LogP contribution in [0.1, 0.15) is 18.4 Å². The molecular formula is C14H16N2OS. The van der Waals surface area contributed by atoms with Crippen molar-refractivity contribution in [2.75, 3.05) is 16.8 Å². The number of hydrogen-bond donors (Lipinski definition) is 1. The first-order chi connectivity index (χ1) is 8.77. The first kappa shape index (κ1) is 14.3. The molecule has 0 aliphatic carbocycles. The molecule has 4 heteroatoms. The number of carbonyl (C=O) groups excluding carboxylic acids is 1. The maximum Gasteiger partial charge on any atom is 0.224 e. The zero-order valence-corrected chi connectivity index (χ0v) is 11.0. The lowest BCUT2D eigenvalue weighted by Gasteiger charge is -2.06. The molecule has 1 aromatic carbocycles. The highest BCUT2D eigenvalue weighted by molar-refractivity contribution is 7.99. The molecule has 0 radical (unpaired) electrons. The van der Waals surface area contributed by atoms with Crippen LogP contribution in [0.5, 0.6) is 0 Å². The van der Waals surface area contributed by atoms with E-state index in [4.69, 9.17) is 5.26 Å². The molecule has 0 saturated carbocycles. The summed E-state index contributed by atoms with van der Waals surface area (Å²) in [5.41, 5.74) is 1.08. The predicted octanol–water partition coefficient (Wildman–Crippen LogP) is 3.20. The topological polar surface area (TPSA) is 52.9 Å². The number of benzene rings is 1. The van der Waals surface area contributed by atoms with Gasteiger partial charge in [-0.05, 0) is 24.3 Å². The Morgan fingerprint density at radius 3 is 3.00 bits per heavy atom. The zero-order chi connectivity index (χ0) is 13.2. The van der Waals surface area contributed by atoms with E-state index < -0.39 is 0 Å². The molecule has 1 rings (SSSR count). The second-order valence-corrected chi connectivity index (χ2v) is 4.82. The van der Waals surface area contributed by atoms with Gasteiger partial charge in [0.05, 0.1) is 11.3 Å². The van der Waals surface area contributed by atoms with Gasteiger partial charge in [0.1, 0.15) is 6.07 Å². The zero-order valence-electron chi connectivity index (χ0n) is 10.2. The van der Waals surface area contributed by atoms with Crippen LogP contribution in [0.25, 0.3) is 0 Å². The molecule has 0 spiro atoms. The maximum absolute atomic E-state index is 11.7. The molecule has 0 bridgehead atoms. The van der Waals surface area contributed by atoms with Crippen LogP contribution in [-0.2, 0) is 4.79 Å². The van der Waals surface area contributed by atoms with E-state index in [-0.39, 0.29) is 5.91 Å². The Morgan fingerprint density at radius 1 is 1.50 bits per heavy atom. The Balaban J connectivity index is 2.36. The van der Waals surface area contributed by atoms with Gasteiger partial charge in [0.2, 0.25) is 5.91 Å². The smallest absolute Gasteiger partial charge is 0.224 e. The van der Waals surface area contributed by atoms with Gasteiger partial charge in [0.25, 0.3) is 0 Å². The summed E-state index contributed by atoms with van der Waals surface area (Å²) >= 11 is 1.76. The fourth-order valence-corrected chi connectivity index (χ4v) is 2.09. The molecule has 0 aliphatic heterocycles. The molecule has 0 atom stereocenters. The average molecular weight is 260 g/mol. The number of nitrogens with zero attached hydrogens (tertiary/aromatic N) is 1. The van der Waals surface area contributed by atoms with E-state index in [1.54, 1.807) is 36.0 Å². The van der Waals surface area contributed by atoms with E-state index in [0.717, 1.165) is 17.9 Å². The number of amides is 1. The number of hydrogen-bond acceptors (Lipinski definition) is 3. The number of nitrogens with one attached hydrogen (secondary N) is 1. The SMILES string of the molecule is C=CCSCCCC(=O)Nc1ccccc1C#N. The van der Waals surface area contributed by atoms with Crippen molar-refractivity contribution in [2.24, 2.45) is 0 Å². The third kappa shape index (κ3) is 5.07.